The molecule has 15 heavy (non-hydrogen) atoms. The monoisotopic (exact) mass is 242 g/mol. The molecule has 0 aromatic carbocycles. The van der Waals surface area contributed by atoms with Crippen LogP contribution in [-0.2, 0) is 0 Å². The number of nitrogens with zero attached hydrogens (tertiary/aromatic N) is 3. The van der Waals surface area contributed by atoms with Crippen molar-refractivity contribution in [3.05, 3.63) is 40.2 Å². The highest BCUT2D eigenvalue weighted by Gasteiger charge is 2.14. The number of hydrogen-bond acceptors (Lipinski definition) is 4. The van der Waals surface area contributed by atoms with E-state index in [1.54, 1.807) is 0 Å². The van der Waals surface area contributed by atoms with Crippen molar-refractivity contribution < 1.29 is 4.79 Å². The lowest BCUT2D eigenvalue weighted by atomic mass is 10.2. The molecule has 0 saturated carbocycles. The van der Waals surface area contributed by atoms with E-state index < -0.39 is 0 Å². The van der Waals surface area contributed by atoms with Gasteiger partial charge in [-0.1, -0.05) is 23.2 Å². The number of ketones is 1. The van der Waals surface area contributed by atoms with Crippen LogP contribution in [0.5, 0.6) is 0 Å². The van der Waals surface area contributed by atoms with Gasteiger partial charge in [0.1, 0.15) is 16.6 Å². The molecule has 0 atom stereocenters. The Labute approximate surface area is 94.5 Å². The molecule has 1 N–H and O–H groups in total. The normalized spacial score (nSPS) is 10.3. The molecule has 0 saturated heterocycles. The Morgan fingerprint density at radius 2 is 1.93 bits per heavy atom. The molecule has 0 aliphatic rings. The molecule has 0 amide bonds. The molecular formula is C8H4Cl2N4O. The van der Waals surface area contributed by atoms with E-state index in [2.05, 4.69) is 20.2 Å². The molecule has 0 bridgehead atoms. The number of carbonyl (C=O) groups excluding carboxylic acids is 1. The summed E-state index contributed by atoms with van der Waals surface area (Å²) in [5.41, 5.74) is 0.305. The fourth-order valence-corrected chi connectivity index (χ4v) is 1.50. The average Bonchev–Trinajstić information content (AvgIpc) is 2.67. The fourth-order valence-electron chi connectivity index (χ4n) is 1.04. The summed E-state index contributed by atoms with van der Waals surface area (Å²) < 4.78 is 0. The molecule has 5 nitrogen and oxygen atoms in total. The predicted molar refractivity (Wildman–Crippen MR) is 54.1 cm³/mol. The number of pyridine rings is 1. The van der Waals surface area contributed by atoms with Crippen molar-refractivity contribution in [1.29, 1.82) is 0 Å². The predicted octanol–water partition coefficient (Wildman–Crippen LogP) is 1.74. The van der Waals surface area contributed by atoms with Gasteiger partial charge in [-0.15, -0.1) is 0 Å². The van der Waals surface area contributed by atoms with Crippen LogP contribution in [0.1, 0.15) is 16.2 Å². The molecule has 0 unspecified atom stereocenters. The van der Waals surface area contributed by atoms with Crippen LogP contribution in [0.25, 0.3) is 0 Å². The standard InChI is InChI=1S/C8H4Cl2N4O/c9-5-1-4(2-6(10)13-5)7(15)8-11-3-12-14-8/h1-3H,(H,11,12,14). The number of hydrogen-bond donors (Lipinski definition) is 1. The Hall–Kier alpha value is -1.46. The lowest BCUT2D eigenvalue weighted by Gasteiger charge is -1.98. The minimum absolute atomic E-state index is 0.0633. The van der Waals surface area contributed by atoms with E-state index in [9.17, 15) is 4.79 Å². The third-order valence-electron chi connectivity index (χ3n) is 1.64. The zero-order chi connectivity index (χ0) is 10.8. The first-order valence-electron chi connectivity index (χ1n) is 3.90. The van der Waals surface area contributed by atoms with Crippen molar-refractivity contribution in [3.63, 3.8) is 0 Å². The summed E-state index contributed by atoms with van der Waals surface area (Å²) in [6.07, 6.45) is 1.32. The number of rotatable bonds is 2. The van der Waals surface area contributed by atoms with Crippen LogP contribution in [0.2, 0.25) is 10.3 Å². The Bertz CT molecular complexity index is 477. The SMILES string of the molecule is O=C(c1cc(Cl)nc(Cl)c1)c1nc[nH]n1. The quantitative estimate of drug-likeness (QED) is 0.644. The van der Waals surface area contributed by atoms with Crippen molar-refractivity contribution in [2.24, 2.45) is 0 Å². The van der Waals surface area contributed by atoms with Gasteiger partial charge in [-0.3, -0.25) is 9.89 Å². The van der Waals surface area contributed by atoms with Crippen LogP contribution in [0.4, 0.5) is 0 Å². The molecule has 76 valence electrons. The third-order valence-corrected chi connectivity index (χ3v) is 2.03. The lowest BCUT2D eigenvalue weighted by Crippen LogP contribution is -2.04. The molecule has 0 aliphatic carbocycles. The zero-order valence-corrected chi connectivity index (χ0v) is 8.75. The van der Waals surface area contributed by atoms with Gasteiger partial charge in [0.05, 0.1) is 0 Å². The van der Waals surface area contributed by atoms with Crippen molar-refractivity contribution in [2.75, 3.05) is 0 Å². The maximum Gasteiger partial charge on any atom is 0.232 e. The molecule has 2 heterocycles. The van der Waals surface area contributed by atoms with E-state index in [4.69, 9.17) is 23.2 Å². The first-order chi connectivity index (χ1) is 7.16. The van der Waals surface area contributed by atoms with Gasteiger partial charge in [-0.2, -0.15) is 5.10 Å². The fraction of sp³-hybridized carbons (Fsp3) is 0. The summed E-state index contributed by atoms with van der Waals surface area (Å²) in [6.45, 7) is 0. The van der Waals surface area contributed by atoms with Gasteiger partial charge in [0.2, 0.25) is 11.6 Å². The van der Waals surface area contributed by atoms with Crippen LogP contribution in [0.15, 0.2) is 18.5 Å². The van der Waals surface area contributed by atoms with Gasteiger partial charge in [0.15, 0.2) is 0 Å². The number of aromatic nitrogens is 4. The smallest absolute Gasteiger partial charge is 0.232 e. The molecule has 2 aromatic rings. The highest BCUT2D eigenvalue weighted by atomic mass is 35.5. The van der Waals surface area contributed by atoms with Crippen LogP contribution < -0.4 is 0 Å². The second-order valence-electron chi connectivity index (χ2n) is 2.65. The van der Waals surface area contributed by atoms with Crippen molar-refractivity contribution in [3.8, 4) is 0 Å². The second-order valence-corrected chi connectivity index (χ2v) is 3.43. The third kappa shape index (κ3) is 2.14. The Balaban J connectivity index is 2.42. The Morgan fingerprint density at radius 1 is 1.27 bits per heavy atom. The van der Waals surface area contributed by atoms with Crippen LogP contribution >= 0.6 is 23.2 Å². The highest BCUT2D eigenvalue weighted by Crippen LogP contribution is 2.16. The van der Waals surface area contributed by atoms with E-state index in [1.165, 1.54) is 18.5 Å². The second kappa shape index (κ2) is 3.96. The van der Waals surface area contributed by atoms with E-state index in [-0.39, 0.29) is 21.9 Å². The van der Waals surface area contributed by atoms with Gasteiger partial charge < -0.3 is 0 Å². The van der Waals surface area contributed by atoms with Gasteiger partial charge in [-0.05, 0) is 12.1 Å². The summed E-state index contributed by atoms with van der Waals surface area (Å²) in [7, 11) is 0. The topological polar surface area (TPSA) is 71.5 Å². The van der Waals surface area contributed by atoms with Gasteiger partial charge in [-0.25, -0.2) is 9.97 Å². The van der Waals surface area contributed by atoms with E-state index in [0.29, 0.717) is 5.56 Å². The number of H-pyrrole nitrogens is 1. The largest absolute Gasteiger partial charge is 0.285 e. The first-order valence-corrected chi connectivity index (χ1v) is 4.66. The van der Waals surface area contributed by atoms with Crippen LogP contribution in [0.3, 0.4) is 0 Å². The first kappa shape index (κ1) is 10.1. The lowest BCUT2D eigenvalue weighted by molar-refractivity contribution is 0.102. The summed E-state index contributed by atoms with van der Waals surface area (Å²) in [5.74, 6) is -0.296. The van der Waals surface area contributed by atoms with E-state index in [0.717, 1.165) is 0 Å². The molecule has 0 spiro atoms. The number of aromatic amines is 1. The molecule has 0 radical (unpaired) electrons. The van der Waals surface area contributed by atoms with Gasteiger partial charge >= 0.3 is 0 Å². The summed E-state index contributed by atoms with van der Waals surface area (Å²) >= 11 is 11.3. The molecule has 0 fully saturated rings. The van der Waals surface area contributed by atoms with Crippen molar-refractivity contribution in [2.45, 2.75) is 0 Å². The maximum absolute atomic E-state index is 11.7. The minimum atomic E-state index is -0.359. The van der Waals surface area contributed by atoms with Gasteiger partial charge in [0.25, 0.3) is 0 Å². The van der Waals surface area contributed by atoms with E-state index >= 15 is 0 Å². The summed E-state index contributed by atoms with van der Waals surface area (Å²) in [6, 6.07) is 2.82. The Kier molecular flexibility index (Phi) is 2.66. The number of carbonyl (C=O) groups is 1. The minimum Gasteiger partial charge on any atom is -0.285 e. The highest BCUT2D eigenvalue weighted by molar-refractivity contribution is 6.33. The van der Waals surface area contributed by atoms with Crippen molar-refractivity contribution >= 4 is 29.0 Å². The zero-order valence-electron chi connectivity index (χ0n) is 7.24. The molecular weight excluding hydrogens is 239 g/mol. The van der Waals surface area contributed by atoms with Crippen molar-refractivity contribution in [1.82, 2.24) is 20.2 Å². The molecule has 7 heteroatoms. The maximum atomic E-state index is 11.7. The number of halogens is 2. The summed E-state index contributed by atoms with van der Waals surface area (Å²) in [5, 5.41) is 6.41. The Morgan fingerprint density at radius 3 is 2.47 bits per heavy atom. The molecule has 2 rings (SSSR count). The van der Waals surface area contributed by atoms with E-state index in [1.807, 2.05) is 0 Å². The average molecular weight is 243 g/mol. The van der Waals surface area contributed by atoms with Gasteiger partial charge in [0, 0.05) is 5.56 Å². The molecule has 2 aromatic heterocycles. The number of nitrogens with one attached hydrogen (secondary N) is 1. The molecule has 0 aliphatic heterocycles. The van der Waals surface area contributed by atoms with Crippen LogP contribution in [-0.4, -0.2) is 25.9 Å². The van der Waals surface area contributed by atoms with Crippen LogP contribution in [0, 0.1) is 0 Å². The summed E-state index contributed by atoms with van der Waals surface area (Å²) in [4.78, 5) is 19.2.